The first-order valence-electron chi connectivity index (χ1n) is 6.26. The number of primary amides is 1. The number of hydrogen-bond acceptors (Lipinski definition) is 3. The zero-order chi connectivity index (χ0) is 13.5. The molecule has 0 saturated heterocycles. The van der Waals surface area contributed by atoms with E-state index in [1.807, 2.05) is 24.3 Å². The molecule has 4 heteroatoms. The van der Waals surface area contributed by atoms with Crippen LogP contribution in [0.25, 0.3) is 0 Å². The fourth-order valence-corrected chi connectivity index (χ4v) is 1.35. The number of nitrogens with two attached hydrogens (primary N) is 1. The Kier molecular flexibility index (Phi) is 5.49. The summed E-state index contributed by atoms with van der Waals surface area (Å²) in [5.41, 5.74) is 6.10. The Morgan fingerprint density at radius 3 is 2.39 bits per heavy atom. The molecule has 0 heterocycles. The second kappa shape index (κ2) is 6.89. The van der Waals surface area contributed by atoms with Crippen molar-refractivity contribution in [2.24, 2.45) is 11.7 Å². The van der Waals surface area contributed by atoms with E-state index in [0.717, 1.165) is 11.4 Å². The molecular weight excluding hydrogens is 228 g/mol. The van der Waals surface area contributed by atoms with Gasteiger partial charge in [0.15, 0.2) is 0 Å². The Labute approximate surface area is 109 Å². The normalized spacial score (nSPS) is 12.2. The van der Waals surface area contributed by atoms with Crippen LogP contribution >= 0.6 is 0 Å². The van der Waals surface area contributed by atoms with Crippen molar-refractivity contribution >= 4 is 11.6 Å². The van der Waals surface area contributed by atoms with Crippen LogP contribution in [0.4, 0.5) is 5.69 Å². The Morgan fingerprint density at radius 2 is 1.89 bits per heavy atom. The van der Waals surface area contributed by atoms with E-state index in [2.05, 4.69) is 26.1 Å². The van der Waals surface area contributed by atoms with Gasteiger partial charge in [0.05, 0.1) is 13.0 Å². The Morgan fingerprint density at radius 1 is 1.28 bits per heavy atom. The highest BCUT2D eigenvalue weighted by Gasteiger charge is 2.06. The summed E-state index contributed by atoms with van der Waals surface area (Å²) < 4.78 is 5.40. The maximum Gasteiger partial charge on any atom is 0.220 e. The van der Waals surface area contributed by atoms with Crippen LogP contribution in [0.1, 0.15) is 27.2 Å². The van der Waals surface area contributed by atoms with Crippen LogP contribution in [0.3, 0.4) is 0 Å². The van der Waals surface area contributed by atoms with Crippen LogP contribution in [-0.4, -0.2) is 18.6 Å². The number of ether oxygens (including phenoxy) is 1. The minimum atomic E-state index is -0.348. The first kappa shape index (κ1) is 14.4. The third-order valence-corrected chi connectivity index (χ3v) is 2.87. The number of anilines is 1. The predicted molar refractivity (Wildman–Crippen MR) is 73.7 cm³/mol. The summed E-state index contributed by atoms with van der Waals surface area (Å²) >= 11 is 0. The molecule has 1 aromatic rings. The highest BCUT2D eigenvalue weighted by Crippen LogP contribution is 2.18. The molecule has 0 fully saturated rings. The molecule has 0 saturated carbocycles. The first-order chi connectivity index (χ1) is 8.49. The zero-order valence-corrected chi connectivity index (χ0v) is 11.3. The van der Waals surface area contributed by atoms with Gasteiger partial charge in [0.2, 0.25) is 5.91 Å². The lowest BCUT2D eigenvalue weighted by Gasteiger charge is -2.18. The first-order valence-corrected chi connectivity index (χ1v) is 6.26. The molecule has 0 aliphatic rings. The van der Waals surface area contributed by atoms with Crippen LogP contribution in [0.5, 0.6) is 5.75 Å². The molecule has 0 aromatic heterocycles. The van der Waals surface area contributed by atoms with Gasteiger partial charge < -0.3 is 15.8 Å². The van der Waals surface area contributed by atoms with E-state index in [0.29, 0.717) is 18.6 Å². The lowest BCUT2D eigenvalue weighted by atomic mass is 10.1. The largest absolute Gasteiger partial charge is 0.493 e. The molecule has 0 aliphatic heterocycles. The summed E-state index contributed by atoms with van der Waals surface area (Å²) in [6.07, 6.45) is 0.240. The molecule has 3 N–H and O–H groups in total. The van der Waals surface area contributed by atoms with E-state index in [-0.39, 0.29) is 12.3 Å². The van der Waals surface area contributed by atoms with Gasteiger partial charge in [-0.1, -0.05) is 13.8 Å². The predicted octanol–water partition coefficient (Wildman–Crippen LogP) is 2.40. The molecule has 0 aliphatic carbocycles. The third-order valence-electron chi connectivity index (χ3n) is 2.87. The number of rotatable bonds is 7. The SMILES string of the molecule is CC(C)C(C)Nc1ccc(OCCC(N)=O)cc1. The van der Waals surface area contributed by atoms with Crippen molar-refractivity contribution in [3.05, 3.63) is 24.3 Å². The van der Waals surface area contributed by atoms with Gasteiger partial charge in [0.25, 0.3) is 0 Å². The molecule has 1 unspecified atom stereocenters. The summed E-state index contributed by atoms with van der Waals surface area (Å²) in [4.78, 5) is 10.6. The number of amides is 1. The summed E-state index contributed by atoms with van der Waals surface area (Å²) in [6, 6.07) is 8.13. The average molecular weight is 250 g/mol. The van der Waals surface area contributed by atoms with Gasteiger partial charge in [0.1, 0.15) is 5.75 Å². The van der Waals surface area contributed by atoms with Gasteiger partial charge in [-0.2, -0.15) is 0 Å². The van der Waals surface area contributed by atoms with E-state index in [1.54, 1.807) is 0 Å². The fraction of sp³-hybridized carbons (Fsp3) is 0.500. The average Bonchev–Trinajstić information content (AvgIpc) is 2.30. The van der Waals surface area contributed by atoms with Gasteiger partial charge in [-0.25, -0.2) is 0 Å². The highest BCUT2D eigenvalue weighted by atomic mass is 16.5. The van der Waals surface area contributed by atoms with Crippen molar-refractivity contribution < 1.29 is 9.53 Å². The second-order valence-electron chi connectivity index (χ2n) is 4.77. The molecule has 18 heavy (non-hydrogen) atoms. The maximum atomic E-state index is 10.6. The van der Waals surface area contributed by atoms with Crippen LogP contribution in [0.15, 0.2) is 24.3 Å². The smallest absolute Gasteiger partial charge is 0.220 e. The van der Waals surface area contributed by atoms with Crippen LogP contribution in [-0.2, 0) is 4.79 Å². The molecule has 100 valence electrons. The molecule has 0 bridgehead atoms. The molecule has 1 rings (SSSR count). The van der Waals surface area contributed by atoms with E-state index in [1.165, 1.54) is 0 Å². The number of hydrogen-bond donors (Lipinski definition) is 2. The number of nitrogens with one attached hydrogen (secondary N) is 1. The topological polar surface area (TPSA) is 64.3 Å². The van der Waals surface area contributed by atoms with Crippen molar-refractivity contribution in [2.75, 3.05) is 11.9 Å². The van der Waals surface area contributed by atoms with E-state index < -0.39 is 0 Å². The lowest BCUT2D eigenvalue weighted by molar-refractivity contribution is -0.118. The molecule has 0 radical (unpaired) electrons. The monoisotopic (exact) mass is 250 g/mol. The summed E-state index contributed by atoms with van der Waals surface area (Å²) in [5.74, 6) is 0.981. The summed E-state index contributed by atoms with van der Waals surface area (Å²) in [5, 5.41) is 3.41. The molecular formula is C14H22N2O2. The van der Waals surface area contributed by atoms with Crippen molar-refractivity contribution in [2.45, 2.75) is 33.2 Å². The van der Waals surface area contributed by atoms with Gasteiger partial charge >= 0.3 is 0 Å². The Balaban J connectivity index is 2.44. The summed E-state index contributed by atoms with van der Waals surface area (Å²) in [7, 11) is 0. The van der Waals surface area contributed by atoms with Gasteiger partial charge in [0, 0.05) is 11.7 Å². The minimum Gasteiger partial charge on any atom is -0.493 e. The zero-order valence-electron chi connectivity index (χ0n) is 11.3. The second-order valence-corrected chi connectivity index (χ2v) is 4.77. The standard InChI is InChI=1S/C14H22N2O2/c1-10(2)11(3)16-12-4-6-13(7-5-12)18-9-8-14(15)17/h4-7,10-11,16H,8-9H2,1-3H3,(H2,15,17). The summed E-state index contributed by atoms with van der Waals surface area (Å²) in [6.45, 7) is 6.84. The van der Waals surface area contributed by atoms with Gasteiger partial charge in [-0.05, 0) is 37.1 Å². The van der Waals surface area contributed by atoms with E-state index >= 15 is 0 Å². The van der Waals surface area contributed by atoms with Gasteiger partial charge in [-0.3, -0.25) is 4.79 Å². The maximum absolute atomic E-state index is 10.6. The third kappa shape index (κ3) is 5.08. The Bertz CT molecular complexity index is 374. The lowest BCUT2D eigenvalue weighted by Crippen LogP contribution is -2.21. The number of carbonyl (C=O) groups excluding carboxylic acids is 1. The highest BCUT2D eigenvalue weighted by molar-refractivity contribution is 5.73. The van der Waals surface area contributed by atoms with Crippen molar-refractivity contribution in [1.82, 2.24) is 0 Å². The van der Waals surface area contributed by atoms with E-state index in [4.69, 9.17) is 10.5 Å². The fourth-order valence-electron chi connectivity index (χ4n) is 1.35. The molecule has 0 spiro atoms. The quantitative estimate of drug-likeness (QED) is 0.781. The molecule has 1 amide bonds. The van der Waals surface area contributed by atoms with Crippen molar-refractivity contribution in [1.29, 1.82) is 0 Å². The van der Waals surface area contributed by atoms with Crippen molar-refractivity contribution in [3.63, 3.8) is 0 Å². The van der Waals surface area contributed by atoms with Crippen molar-refractivity contribution in [3.8, 4) is 5.75 Å². The van der Waals surface area contributed by atoms with Crippen LogP contribution in [0.2, 0.25) is 0 Å². The van der Waals surface area contributed by atoms with E-state index in [9.17, 15) is 4.79 Å². The van der Waals surface area contributed by atoms with Gasteiger partial charge in [-0.15, -0.1) is 0 Å². The van der Waals surface area contributed by atoms with Crippen LogP contribution < -0.4 is 15.8 Å². The minimum absolute atomic E-state index is 0.240. The molecule has 1 atom stereocenters. The molecule has 4 nitrogen and oxygen atoms in total. The number of carbonyl (C=O) groups is 1. The molecule has 1 aromatic carbocycles. The Hall–Kier alpha value is -1.71. The van der Waals surface area contributed by atoms with Crippen LogP contribution in [0, 0.1) is 5.92 Å². The number of benzene rings is 1.